The summed E-state index contributed by atoms with van der Waals surface area (Å²) in [6.45, 7) is 0. The Morgan fingerprint density at radius 3 is 1.63 bits per heavy atom. The molecule has 0 atom stereocenters. The molecule has 0 aliphatic heterocycles. The van der Waals surface area contributed by atoms with E-state index in [4.69, 9.17) is 4.42 Å². The molecule has 1 aromatic heterocycles. The highest BCUT2D eigenvalue weighted by atomic mass is 16.3. The van der Waals surface area contributed by atoms with Crippen LogP contribution in [-0.2, 0) is 5.41 Å². The SMILES string of the molecule is c1ccc(-c2ccc(N(c3ccc4c(c3)C3(c5ccccc5-c5ccccc53)c3ccccc3-4)c3cccc4oc5c(-c6ccc7ccccc7c6)c6ccccc6cc5c34)cc2)cc1. The maximum atomic E-state index is 7.14. The molecule has 0 fully saturated rings. The molecule has 0 N–H and O–H groups in total. The van der Waals surface area contributed by atoms with Gasteiger partial charge in [-0.25, -0.2) is 0 Å². The van der Waals surface area contributed by atoms with Crippen molar-refractivity contribution in [2.75, 3.05) is 4.90 Å². The van der Waals surface area contributed by atoms with Crippen molar-refractivity contribution in [3.05, 3.63) is 259 Å². The average Bonchev–Trinajstić information content (AvgIpc) is 4.00. The lowest BCUT2D eigenvalue weighted by Crippen LogP contribution is -2.26. The van der Waals surface area contributed by atoms with Gasteiger partial charge in [-0.1, -0.05) is 188 Å². The van der Waals surface area contributed by atoms with E-state index < -0.39 is 5.41 Å². The van der Waals surface area contributed by atoms with Crippen molar-refractivity contribution in [1.82, 2.24) is 0 Å². The van der Waals surface area contributed by atoms with Crippen LogP contribution in [0.3, 0.4) is 0 Å². The van der Waals surface area contributed by atoms with Crippen molar-refractivity contribution in [1.29, 1.82) is 0 Å². The van der Waals surface area contributed by atoms with Crippen LogP contribution >= 0.6 is 0 Å². The van der Waals surface area contributed by atoms with Crippen LogP contribution in [0.4, 0.5) is 17.1 Å². The smallest absolute Gasteiger partial charge is 0.143 e. The van der Waals surface area contributed by atoms with Crippen molar-refractivity contribution < 1.29 is 4.42 Å². The second-order valence-corrected chi connectivity index (χ2v) is 17.5. The molecule has 12 aromatic rings. The fraction of sp³-hybridized carbons (Fsp3) is 0.0159. The molecule has 0 amide bonds. The third kappa shape index (κ3) is 5.11. The van der Waals surface area contributed by atoms with E-state index in [1.165, 1.54) is 77.2 Å². The van der Waals surface area contributed by atoms with Crippen molar-refractivity contribution >= 4 is 60.5 Å². The van der Waals surface area contributed by atoms with Crippen molar-refractivity contribution in [2.24, 2.45) is 0 Å². The molecule has 1 heterocycles. The highest BCUT2D eigenvalue weighted by Gasteiger charge is 2.51. The summed E-state index contributed by atoms with van der Waals surface area (Å²) in [7, 11) is 0. The Kier molecular flexibility index (Phi) is 7.64. The Morgan fingerprint density at radius 1 is 0.338 bits per heavy atom. The molecule has 11 aromatic carbocycles. The van der Waals surface area contributed by atoms with Crippen molar-refractivity contribution in [3.8, 4) is 44.5 Å². The summed E-state index contributed by atoms with van der Waals surface area (Å²) in [6.07, 6.45) is 0. The van der Waals surface area contributed by atoms with Crippen LogP contribution in [-0.4, -0.2) is 0 Å². The average molecular weight is 826 g/mol. The molecular formula is C63H39NO. The van der Waals surface area contributed by atoms with E-state index in [1.54, 1.807) is 0 Å². The van der Waals surface area contributed by atoms with Crippen LogP contribution in [0, 0.1) is 0 Å². The molecule has 0 saturated carbocycles. The molecule has 0 saturated heterocycles. The van der Waals surface area contributed by atoms with Gasteiger partial charge in [-0.3, -0.25) is 0 Å². The predicted octanol–water partition coefficient (Wildman–Crippen LogP) is 17.0. The van der Waals surface area contributed by atoms with Crippen LogP contribution in [0.2, 0.25) is 0 Å². The number of nitrogens with zero attached hydrogens (tertiary/aromatic N) is 1. The third-order valence-electron chi connectivity index (χ3n) is 14.2. The van der Waals surface area contributed by atoms with Gasteiger partial charge in [-0.15, -0.1) is 0 Å². The molecule has 1 spiro atoms. The molecule has 2 aliphatic rings. The molecule has 0 radical (unpaired) electrons. The molecule has 302 valence electrons. The van der Waals surface area contributed by atoms with Crippen molar-refractivity contribution in [2.45, 2.75) is 5.41 Å². The van der Waals surface area contributed by atoms with Crippen LogP contribution in [0.15, 0.2) is 241 Å². The molecule has 2 nitrogen and oxygen atoms in total. The predicted molar refractivity (Wildman–Crippen MR) is 271 cm³/mol. The maximum absolute atomic E-state index is 7.14. The lowest BCUT2D eigenvalue weighted by molar-refractivity contribution is 0.670. The van der Waals surface area contributed by atoms with Gasteiger partial charge in [0.25, 0.3) is 0 Å². The number of anilines is 3. The van der Waals surface area contributed by atoms with Gasteiger partial charge >= 0.3 is 0 Å². The van der Waals surface area contributed by atoms with Gasteiger partial charge in [-0.05, 0) is 131 Å². The first kappa shape index (κ1) is 36.1. The third-order valence-corrected chi connectivity index (χ3v) is 14.2. The minimum atomic E-state index is -0.472. The van der Waals surface area contributed by atoms with Crippen LogP contribution in [0.5, 0.6) is 0 Å². The standard InChI is InChI=1S/C63H39NO/c1-2-15-40(16-3-1)42-31-33-46(34-32-42)64(47-35-36-52-51-23-10-13-26-56(51)63(57(52)39-47)54-24-11-8-21-49(54)50-22-9-12-25-55(50)63)58-27-14-28-59-61(58)53-38-44-19-6-7-20-48(44)60(62(53)65-59)45-30-29-41-17-4-5-18-43(41)37-45/h1-39H. The fourth-order valence-corrected chi connectivity index (χ4v) is 11.5. The molecule has 65 heavy (non-hydrogen) atoms. The second kappa shape index (κ2) is 13.8. The first-order valence-corrected chi connectivity index (χ1v) is 22.5. The topological polar surface area (TPSA) is 16.4 Å². The summed E-state index contributed by atoms with van der Waals surface area (Å²) in [5.74, 6) is 0. The van der Waals surface area contributed by atoms with Gasteiger partial charge in [0.2, 0.25) is 0 Å². The number of furan rings is 1. The fourth-order valence-electron chi connectivity index (χ4n) is 11.5. The minimum absolute atomic E-state index is 0.472. The quantitative estimate of drug-likeness (QED) is 0.172. The van der Waals surface area contributed by atoms with Gasteiger partial charge in [0.15, 0.2) is 0 Å². The van der Waals surface area contributed by atoms with E-state index in [1.807, 2.05) is 0 Å². The lowest BCUT2D eigenvalue weighted by Gasteiger charge is -2.32. The van der Waals surface area contributed by atoms with E-state index in [2.05, 4.69) is 241 Å². The summed E-state index contributed by atoms with van der Waals surface area (Å²) in [5.41, 5.74) is 19.6. The summed E-state index contributed by atoms with van der Waals surface area (Å²) < 4.78 is 7.14. The lowest BCUT2D eigenvalue weighted by atomic mass is 9.70. The molecule has 14 rings (SSSR count). The van der Waals surface area contributed by atoms with Gasteiger partial charge in [0.05, 0.1) is 16.5 Å². The maximum Gasteiger partial charge on any atom is 0.143 e. The van der Waals surface area contributed by atoms with Gasteiger partial charge in [0, 0.05) is 22.3 Å². The van der Waals surface area contributed by atoms with E-state index in [9.17, 15) is 0 Å². The number of benzene rings is 11. The first-order chi connectivity index (χ1) is 32.2. The minimum Gasteiger partial charge on any atom is -0.455 e. The molecular weight excluding hydrogens is 787 g/mol. The second-order valence-electron chi connectivity index (χ2n) is 17.5. The Hall–Kier alpha value is -8.46. The first-order valence-electron chi connectivity index (χ1n) is 22.5. The Morgan fingerprint density at radius 2 is 0.908 bits per heavy atom. The zero-order valence-corrected chi connectivity index (χ0v) is 35.4. The van der Waals surface area contributed by atoms with E-state index >= 15 is 0 Å². The summed E-state index contributed by atoms with van der Waals surface area (Å²) in [5, 5.41) is 6.94. The highest BCUT2D eigenvalue weighted by molar-refractivity contribution is 6.22. The van der Waals surface area contributed by atoms with Gasteiger partial charge < -0.3 is 9.32 Å². The number of rotatable bonds is 5. The molecule has 0 unspecified atom stereocenters. The Labute approximate surface area is 376 Å². The highest BCUT2D eigenvalue weighted by Crippen LogP contribution is 2.63. The summed E-state index contributed by atoms with van der Waals surface area (Å²) in [6, 6.07) is 87.0. The normalized spacial score (nSPS) is 13.0. The Balaban J connectivity index is 1.05. The number of fused-ring (bicyclic) bond motifs is 15. The van der Waals surface area contributed by atoms with Crippen molar-refractivity contribution in [3.63, 3.8) is 0 Å². The zero-order chi connectivity index (χ0) is 42.6. The van der Waals surface area contributed by atoms with E-state index in [0.717, 1.165) is 50.1 Å². The van der Waals surface area contributed by atoms with Crippen LogP contribution < -0.4 is 4.90 Å². The summed E-state index contributed by atoms with van der Waals surface area (Å²) in [4.78, 5) is 2.46. The van der Waals surface area contributed by atoms with Gasteiger partial charge in [0.1, 0.15) is 11.2 Å². The van der Waals surface area contributed by atoms with Gasteiger partial charge in [-0.2, -0.15) is 0 Å². The molecule has 2 heteroatoms. The largest absolute Gasteiger partial charge is 0.455 e. The van der Waals surface area contributed by atoms with E-state index in [0.29, 0.717) is 0 Å². The summed E-state index contributed by atoms with van der Waals surface area (Å²) >= 11 is 0. The number of hydrogen-bond donors (Lipinski definition) is 0. The number of hydrogen-bond acceptors (Lipinski definition) is 2. The van der Waals surface area contributed by atoms with Crippen LogP contribution in [0.1, 0.15) is 22.3 Å². The van der Waals surface area contributed by atoms with Crippen LogP contribution in [0.25, 0.3) is 88.0 Å². The monoisotopic (exact) mass is 825 g/mol. The zero-order valence-electron chi connectivity index (χ0n) is 35.4. The Bertz CT molecular complexity index is 3830. The van der Waals surface area contributed by atoms with E-state index in [-0.39, 0.29) is 0 Å². The molecule has 2 aliphatic carbocycles. The molecule has 0 bridgehead atoms.